The number of hydrogen-bond donors (Lipinski definition) is 2. The van der Waals surface area contributed by atoms with Gasteiger partial charge in [0, 0.05) is 25.2 Å². The number of carbonyl (C=O) groups is 2. The Bertz CT molecular complexity index is 503. The average molecular weight is 299 g/mol. The fourth-order valence-corrected chi connectivity index (χ4v) is 1.66. The van der Waals surface area contributed by atoms with Crippen LogP contribution in [0.5, 0.6) is 0 Å². The lowest BCUT2D eigenvalue weighted by Crippen LogP contribution is -2.44. The lowest BCUT2D eigenvalue weighted by atomic mass is 9.94. The summed E-state index contributed by atoms with van der Waals surface area (Å²) in [6, 6.07) is 6.94. The molecule has 0 aromatic heterocycles. The molecule has 2 amide bonds. The molecule has 0 bridgehead atoms. The summed E-state index contributed by atoms with van der Waals surface area (Å²) in [6.45, 7) is 3.54. The summed E-state index contributed by atoms with van der Waals surface area (Å²) < 4.78 is 0. The van der Waals surface area contributed by atoms with E-state index in [1.807, 2.05) is 18.2 Å². The van der Waals surface area contributed by atoms with Gasteiger partial charge in [-0.2, -0.15) is 0 Å². The molecule has 5 nitrogen and oxygen atoms in total. The number of carboxylic acids is 1. The number of benzene rings is 1. The molecule has 6 heteroatoms. The molecule has 0 aliphatic rings. The van der Waals surface area contributed by atoms with Gasteiger partial charge < -0.3 is 15.3 Å². The van der Waals surface area contributed by atoms with Gasteiger partial charge in [0.05, 0.1) is 5.41 Å². The highest BCUT2D eigenvalue weighted by Gasteiger charge is 2.28. The molecule has 0 aliphatic carbocycles. The number of halogens is 1. The van der Waals surface area contributed by atoms with E-state index < -0.39 is 11.4 Å². The maximum absolute atomic E-state index is 11.9. The molecular formula is C14H19ClN2O3. The lowest BCUT2D eigenvalue weighted by molar-refractivity contribution is -0.146. The Hall–Kier alpha value is -1.75. The molecule has 110 valence electrons. The molecule has 20 heavy (non-hydrogen) atoms. The third kappa shape index (κ3) is 4.42. The van der Waals surface area contributed by atoms with Crippen LogP contribution in [0.15, 0.2) is 24.3 Å². The molecular weight excluding hydrogens is 280 g/mol. The molecule has 1 aromatic carbocycles. The van der Waals surface area contributed by atoms with Crippen LogP contribution >= 0.6 is 11.6 Å². The molecule has 0 unspecified atom stereocenters. The van der Waals surface area contributed by atoms with Crippen LogP contribution in [0.1, 0.15) is 19.4 Å². The van der Waals surface area contributed by atoms with Gasteiger partial charge in [-0.15, -0.1) is 0 Å². The van der Waals surface area contributed by atoms with Gasteiger partial charge in [0.25, 0.3) is 0 Å². The van der Waals surface area contributed by atoms with Crippen LogP contribution in [0.2, 0.25) is 5.02 Å². The topological polar surface area (TPSA) is 69.6 Å². The molecule has 2 N–H and O–H groups in total. The van der Waals surface area contributed by atoms with Crippen LogP contribution in [-0.2, 0) is 11.3 Å². The van der Waals surface area contributed by atoms with Crippen LogP contribution in [-0.4, -0.2) is 35.6 Å². The quantitative estimate of drug-likeness (QED) is 0.878. The number of carboxylic acid groups (broad SMARTS) is 1. The zero-order valence-corrected chi connectivity index (χ0v) is 12.6. The zero-order chi connectivity index (χ0) is 15.3. The monoisotopic (exact) mass is 298 g/mol. The van der Waals surface area contributed by atoms with Crippen molar-refractivity contribution in [3.8, 4) is 0 Å². The number of nitrogens with zero attached hydrogens (tertiary/aromatic N) is 1. The molecule has 1 rings (SSSR count). The van der Waals surface area contributed by atoms with E-state index in [1.165, 1.54) is 4.90 Å². The summed E-state index contributed by atoms with van der Waals surface area (Å²) >= 11 is 6.03. The molecule has 0 aliphatic heterocycles. The third-order valence-corrected chi connectivity index (χ3v) is 3.34. The second-order valence-electron chi connectivity index (χ2n) is 5.30. The van der Waals surface area contributed by atoms with Crippen molar-refractivity contribution in [3.05, 3.63) is 34.9 Å². The molecule has 0 atom stereocenters. The first-order valence-corrected chi connectivity index (χ1v) is 6.57. The lowest BCUT2D eigenvalue weighted by Gasteiger charge is -2.23. The van der Waals surface area contributed by atoms with Crippen molar-refractivity contribution < 1.29 is 14.7 Å². The molecule has 1 aromatic rings. The minimum atomic E-state index is -0.999. The maximum atomic E-state index is 11.9. The first-order valence-electron chi connectivity index (χ1n) is 6.20. The van der Waals surface area contributed by atoms with Crippen LogP contribution in [0.4, 0.5) is 4.79 Å². The van der Waals surface area contributed by atoms with Crippen molar-refractivity contribution in [2.75, 3.05) is 13.6 Å². The Morgan fingerprint density at radius 3 is 2.50 bits per heavy atom. The fourth-order valence-electron chi connectivity index (χ4n) is 1.46. The van der Waals surface area contributed by atoms with E-state index in [-0.39, 0.29) is 12.6 Å². The van der Waals surface area contributed by atoms with Gasteiger partial charge in [-0.1, -0.05) is 29.8 Å². The van der Waals surface area contributed by atoms with Crippen molar-refractivity contribution in [2.45, 2.75) is 20.4 Å². The summed E-state index contributed by atoms with van der Waals surface area (Å²) in [7, 11) is 1.63. The summed E-state index contributed by atoms with van der Waals surface area (Å²) in [4.78, 5) is 24.3. The Kier molecular flexibility index (Phi) is 5.39. The van der Waals surface area contributed by atoms with Gasteiger partial charge in [-0.3, -0.25) is 4.79 Å². The van der Waals surface area contributed by atoms with E-state index in [4.69, 9.17) is 16.7 Å². The van der Waals surface area contributed by atoms with Crippen molar-refractivity contribution in [3.63, 3.8) is 0 Å². The summed E-state index contributed by atoms with van der Waals surface area (Å²) in [5.74, 6) is -0.952. The van der Waals surface area contributed by atoms with Crippen LogP contribution in [0.25, 0.3) is 0 Å². The van der Waals surface area contributed by atoms with E-state index in [0.29, 0.717) is 11.6 Å². The Morgan fingerprint density at radius 2 is 1.95 bits per heavy atom. The van der Waals surface area contributed by atoms with Crippen molar-refractivity contribution in [1.82, 2.24) is 10.2 Å². The van der Waals surface area contributed by atoms with E-state index in [2.05, 4.69) is 5.32 Å². The SMILES string of the molecule is CN(Cc1ccccc1Cl)C(=O)NCC(C)(C)C(=O)O. The summed E-state index contributed by atoms with van der Waals surface area (Å²) in [6.07, 6.45) is 0. The molecule has 0 fully saturated rings. The first kappa shape index (κ1) is 16.3. The minimum absolute atomic E-state index is 0.0635. The van der Waals surface area contributed by atoms with Crippen LogP contribution in [0, 0.1) is 5.41 Å². The van der Waals surface area contributed by atoms with E-state index in [9.17, 15) is 9.59 Å². The molecule has 0 saturated carbocycles. The fraction of sp³-hybridized carbons (Fsp3) is 0.429. The van der Waals surface area contributed by atoms with Crippen molar-refractivity contribution >= 4 is 23.6 Å². The second-order valence-corrected chi connectivity index (χ2v) is 5.70. The van der Waals surface area contributed by atoms with E-state index in [0.717, 1.165) is 5.56 Å². The number of hydrogen-bond acceptors (Lipinski definition) is 2. The number of rotatable bonds is 5. The van der Waals surface area contributed by atoms with Gasteiger partial charge in [0.1, 0.15) is 0 Å². The van der Waals surface area contributed by atoms with Crippen LogP contribution in [0.3, 0.4) is 0 Å². The van der Waals surface area contributed by atoms with Gasteiger partial charge in [-0.25, -0.2) is 4.79 Å². The molecule has 0 saturated heterocycles. The minimum Gasteiger partial charge on any atom is -0.481 e. The highest BCUT2D eigenvalue weighted by atomic mass is 35.5. The smallest absolute Gasteiger partial charge is 0.317 e. The normalized spacial score (nSPS) is 11.0. The number of carbonyl (C=O) groups excluding carboxylic acids is 1. The Labute approximate surface area is 123 Å². The highest BCUT2D eigenvalue weighted by molar-refractivity contribution is 6.31. The van der Waals surface area contributed by atoms with Crippen LogP contribution < -0.4 is 5.32 Å². The van der Waals surface area contributed by atoms with Gasteiger partial charge in [0.15, 0.2) is 0 Å². The van der Waals surface area contributed by atoms with E-state index >= 15 is 0 Å². The number of urea groups is 1. The number of aliphatic carboxylic acids is 1. The summed E-state index contributed by atoms with van der Waals surface area (Å²) in [5, 5.41) is 12.2. The number of nitrogens with one attached hydrogen (secondary N) is 1. The summed E-state index contributed by atoms with van der Waals surface area (Å²) in [5.41, 5.74) is -0.162. The largest absolute Gasteiger partial charge is 0.481 e. The Morgan fingerprint density at radius 1 is 1.35 bits per heavy atom. The van der Waals surface area contributed by atoms with Crippen molar-refractivity contribution in [1.29, 1.82) is 0 Å². The average Bonchev–Trinajstić information content (AvgIpc) is 2.38. The Balaban J connectivity index is 2.56. The predicted molar refractivity (Wildman–Crippen MR) is 77.7 cm³/mol. The van der Waals surface area contributed by atoms with Gasteiger partial charge in [-0.05, 0) is 25.5 Å². The maximum Gasteiger partial charge on any atom is 0.317 e. The molecule has 0 spiro atoms. The standard InChI is InChI=1S/C14H19ClN2O3/c1-14(2,12(18)19)9-16-13(20)17(3)8-10-6-4-5-7-11(10)15/h4-7H,8-9H2,1-3H3,(H,16,20)(H,18,19). The first-order chi connectivity index (χ1) is 9.24. The third-order valence-electron chi connectivity index (χ3n) is 2.97. The van der Waals surface area contributed by atoms with E-state index in [1.54, 1.807) is 27.0 Å². The number of amides is 2. The van der Waals surface area contributed by atoms with Crippen molar-refractivity contribution in [2.24, 2.45) is 5.41 Å². The van der Waals surface area contributed by atoms with Gasteiger partial charge in [0.2, 0.25) is 0 Å². The predicted octanol–water partition coefficient (Wildman–Crippen LogP) is 2.59. The zero-order valence-electron chi connectivity index (χ0n) is 11.8. The molecule has 0 heterocycles. The second kappa shape index (κ2) is 6.61. The van der Waals surface area contributed by atoms with Gasteiger partial charge >= 0.3 is 12.0 Å². The molecule has 0 radical (unpaired) electrons. The highest BCUT2D eigenvalue weighted by Crippen LogP contribution is 2.17.